The second kappa shape index (κ2) is 11.8. The summed E-state index contributed by atoms with van der Waals surface area (Å²) in [4.78, 5) is 12.5. The number of nitrogens with one attached hydrogen (secondary N) is 2. The lowest BCUT2D eigenvalue weighted by atomic mass is 9.97. The first-order chi connectivity index (χ1) is 21.0. The molecule has 1 atom stereocenters. The van der Waals surface area contributed by atoms with Crippen molar-refractivity contribution in [2.24, 2.45) is 5.73 Å². The molecule has 2 saturated heterocycles. The summed E-state index contributed by atoms with van der Waals surface area (Å²) in [5, 5.41) is 7.75. The van der Waals surface area contributed by atoms with Gasteiger partial charge in [0.1, 0.15) is 5.82 Å². The van der Waals surface area contributed by atoms with Gasteiger partial charge in [0.25, 0.3) is 0 Å². The average Bonchev–Trinajstić information content (AvgIpc) is 3.32. The highest BCUT2D eigenvalue weighted by Crippen LogP contribution is 2.39. The quantitative estimate of drug-likeness (QED) is 0.280. The van der Waals surface area contributed by atoms with Crippen molar-refractivity contribution in [1.29, 1.82) is 0 Å². The van der Waals surface area contributed by atoms with Gasteiger partial charge in [0.15, 0.2) is 0 Å². The molecule has 4 aromatic rings. The van der Waals surface area contributed by atoms with E-state index in [1.807, 2.05) is 12.1 Å². The van der Waals surface area contributed by atoms with Crippen LogP contribution in [0.4, 0.5) is 17.2 Å². The topological polar surface area (TPSA) is 116 Å². The Balaban J connectivity index is 1.18. The number of hydrogen-bond donors (Lipinski definition) is 3. The normalized spacial score (nSPS) is 19.7. The highest BCUT2D eigenvalue weighted by molar-refractivity contribution is 7.89. The molecule has 10 heteroatoms. The van der Waals surface area contributed by atoms with Crippen LogP contribution < -0.4 is 21.3 Å². The molecule has 2 fully saturated rings. The number of aromatic nitrogens is 2. The Bertz CT molecular complexity index is 1740. The number of aryl methyl sites for hydroxylation is 1. The van der Waals surface area contributed by atoms with Crippen molar-refractivity contribution < 1.29 is 8.42 Å². The highest BCUT2D eigenvalue weighted by Gasteiger charge is 2.27. The van der Waals surface area contributed by atoms with Crippen LogP contribution in [0.15, 0.2) is 65.7 Å². The maximum absolute atomic E-state index is 13.0. The van der Waals surface area contributed by atoms with Crippen molar-refractivity contribution in [3.05, 3.63) is 72.1 Å². The molecule has 4 N–H and O–H groups in total. The number of pyridine rings is 2. The van der Waals surface area contributed by atoms with Crippen LogP contribution >= 0.6 is 0 Å². The van der Waals surface area contributed by atoms with Gasteiger partial charge in [-0.3, -0.25) is 4.98 Å². The third-order valence-corrected chi connectivity index (χ3v) is 10.9. The summed E-state index contributed by atoms with van der Waals surface area (Å²) in [5.41, 5.74) is 14.4. The molecule has 2 aromatic carbocycles. The summed E-state index contributed by atoms with van der Waals surface area (Å²) in [6, 6.07) is 17.8. The molecule has 4 heterocycles. The molecular formula is C33H39N7O2S. The molecule has 0 amide bonds. The summed E-state index contributed by atoms with van der Waals surface area (Å²) < 4.78 is 27.6. The number of nitrogens with zero attached hydrogens (tertiary/aromatic N) is 4. The monoisotopic (exact) mass is 597 g/mol. The molecule has 7 rings (SSSR count). The van der Waals surface area contributed by atoms with E-state index in [1.54, 1.807) is 30.5 Å². The molecule has 0 radical (unpaired) electrons. The minimum absolute atomic E-state index is 0.206. The lowest BCUT2D eigenvalue weighted by molar-refractivity contribution is 0.360. The number of rotatable bonds is 6. The van der Waals surface area contributed by atoms with Gasteiger partial charge in [-0.1, -0.05) is 12.5 Å². The van der Waals surface area contributed by atoms with Gasteiger partial charge in [-0.05, 0) is 97.3 Å². The second-order valence-electron chi connectivity index (χ2n) is 11.9. The summed E-state index contributed by atoms with van der Waals surface area (Å²) >= 11 is 0. The number of benzene rings is 2. The summed E-state index contributed by atoms with van der Waals surface area (Å²) in [5.74, 6) is 0.695. The average molecular weight is 598 g/mol. The Labute approximate surface area is 253 Å². The summed E-state index contributed by atoms with van der Waals surface area (Å²) in [6.45, 7) is 4.18. The van der Waals surface area contributed by atoms with Gasteiger partial charge in [0.05, 0.1) is 16.1 Å². The fraction of sp³-hybridized carbons (Fsp3) is 0.394. The maximum Gasteiger partial charge on any atom is 0.243 e. The molecule has 1 unspecified atom stereocenters. The zero-order valence-electron chi connectivity index (χ0n) is 24.4. The van der Waals surface area contributed by atoms with E-state index in [2.05, 4.69) is 38.7 Å². The van der Waals surface area contributed by atoms with Crippen molar-refractivity contribution in [3.63, 3.8) is 0 Å². The Morgan fingerprint density at radius 3 is 2.49 bits per heavy atom. The standard InChI is InChI=1S/C33H39N7O2S/c34-25-13-17-39(22-25)33-28-4-2-1-3-5-30(28)38-31-11-6-23(20-29(31)33)24-12-14-36-32(21-24)37-26-7-9-27(10-8-26)43(41,42)40-18-15-35-16-19-40/h6-12,14,20-21,25,35H,1-5,13,15-19,22,34H2,(H,36,37). The lowest BCUT2D eigenvalue weighted by Gasteiger charge is -2.26. The van der Waals surface area contributed by atoms with Crippen molar-refractivity contribution >= 4 is 38.1 Å². The van der Waals surface area contributed by atoms with Gasteiger partial charge < -0.3 is 21.3 Å². The van der Waals surface area contributed by atoms with E-state index in [9.17, 15) is 8.42 Å². The molecule has 2 aliphatic heterocycles. The largest absolute Gasteiger partial charge is 0.369 e. The number of hydrogen-bond acceptors (Lipinski definition) is 8. The zero-order chi connectivity index (χ0) is 29.4. The Hall–Kier alpha value is -3.57. The molecule has 0 saturated carbocycles. The number of sulfonamides is 1. The van der Waals surface area contributed by atoms with Gasteiger partial charge in [-0.15, -0.1) is 0 Å². The van der Waals surface area contributed by atoms with Crippen LogP contribution in [0, 0.1) is 0 Å². The summed E-state index contributed by atoms with van der Waals surface area (Å²) in [7, 11) is -3.50. The van der Waals surface area contributed by atoms with Crippen molar-refractivity contribution in [3.8, 4) is 11.1 Å². The smallest absolute Gasteiger partial charge is 0.243 e. The van der Waals surface area contributed by atoms with Crippen molar-refractivity contribution in [2.45, 2.75) is 49.5 Å². The molecule has 3 aliphatic rings. The van der Waals surface area contributed by atoms with E-state index in [4.69, 9.17) is 10.7 Å². The van der Waals surface area contributed by atoms with Gasteiger partial charge in [-0.25, -0.2) is 13.4 Å². The van der Waals surface area contributed by atoms with Crippen LogP contribution in [-0.4, -0.2) is 68.0 Å². The number of nitrogens with two attached hydrogens (primary N) is 1. The molecule has 1 aliphatic carbocycles. The third kappa shape index (κ3) is 5.72. The van der Waals surface area contributed by atoms with Crippen LogP contribution in [0.3, 0.4) is 0 Å². The first-order valence-electron chi connectivity index (χ1n) is 15.5. The van der Waals surface area contributed by atoms with Gasteiger partial charge in [0.2, 0.25) is 10.0 Å². The predicted molar refractivity (Wildman–Crippen MR) is 172 cm³/mol. The van der Waals surface area contributed by atoms with E-state index < -0.39 is 10.0 Å². The zero-order valence-corrected chi connectivity index (χ0v) is 25.2. The maximum atomic E-state index is 13.0. The molecule has 43 heavy (non-hydrogen) atoms. The van der Waals surface area contributed by atoms with E-state index in [0.29, 0.717) is 36.9 Å². The van der Waals surface area contributed by atoms with E-state index in [0.717, 1.165) is 54.7 Å². The Morgan fingerprint density at radius 2 is 1.70 bits per heavy atom. The minimum Gasteiger partial charge on any atom is -0.369 e. The van der Waals surface area contributed by atoms with Gasteiger partial charge in [0, 0.05) is 68.3 Å². The SMILES string of the molecule is NC1CCN(c2c3c(nc4ccc(-c5ccnc(Nc6ccc(S(=O)(=O)N7CCNCC7)cc6)c5)cc24)CCCCC3)C1. The Morgan fingerprint density at radius 1 is 0.907 bits per heavy atom. The molecular weight excluding hydrogens is 558 g/mol. The van der Waals surface area contributed by atoms with Crippen LogP contribution in [0.5, 0.6) is 0 Å². The van der Waals surface area contributed by atoms with E-state index in [-0.39, 0.29) is 6.04 Å². The van der Waals surface area contributed by atoms with E-state index in [1.165, 1.54) is 45.9 Å². The lowest BCUT2D eigenvalue weighted by Crippen LogP contribution is -2.46. The van der Waals surface area contributed by atoms with Crippen LogP contribution in [-0.2, 0) is 22.9 Å². The highest BCUT2D eigenvalue weighted by atomic mass is 32.2. The van der Waals surface area contributed by atoms with Crippen LogP contribution in [0.1, 0.15) is 36.9 Å². The molecule has 2 aromatic heterocycles. The molecule has 0 spiro atoms. The van der Waals surface area contributed by atoms with Crippen LogP contribution in [0.2, 0.25) is 0 Å². The molecule has 0 bridgehead atoms. The molecule has 9 nitrogen and oxygen atoms in total. The first kappa shape index (κ1) is 28.2. The van der Waals surface area contributed by atoms with E-state index >= 15 is 0 Å². The van der Waals surface area contributed by atoms with Crippen LogP contribution in [0.25, 0.3) is 22.0 Å². The van der Waals surface area contributed by atoms with Gasteiger partial charge in [-0.2, -0.15) is 4.31 Å². The number of piperazine rings is 1. The number of fused-ring (bicyclic) bond motifs is 2. The fourth-order valence-corrected chi connectivity index (χ4v) is 8.12. The minimum atomic E-state index is -3.50. The predicted octanol–water partition coefficient (Wildman–Crippen LogP) is 4.44. The summed E-state index contributed by atoms with van der Waals surface area (Å²) in [6.07, 6.45) is 8.59. The first-order valence-corrected chi connectivity index (χ1v) is 16.9. The Kier molecular flexibility index (Phi) is 7.77. The van der Waals surface area contributed by atoms with Crippen molar-refractivity contribution in [2.75, 3.05) is 49.5 Å². The number of anilines is 3. The van der Waals surface area contributed by atoms with Gasteiger partial charge >= 0.3 is 0 Å². The fourth-order valence-electron chi connectivity index (χ4n) is 6.68. The third-order valence-electron chi connectivity index (χ3n) is 8.96. The second-order valence-corrected chi connectivity index (χ2v) is 13.8. The van der Waals surface area contributed by atoms with Crippen molar-refractivity contribution in [1.82, 2.24) is 19.6 Å². The molecule has 224 valence electrons.